The summed E-state index contributed by atoms with van der Waals surface area (Å²) >= 11 is 12.8. The van der Waals surface area contributed by atoms with Gasteiger partial charge >= 0.3 is 0 Å². The van der Waals surface area contributed by atoms with Crippen LogP contribution in [-0.2, 0) is 11.3 Å². The van der Waals surface area contributed by atoms with Crippen LogP contribution in [0.25, 0.3) is 6.08 Å². The van der Waals surface area contributed by atoms with E-state index >= 15 is 0 Å². The molecule has 0 N–H and O–H groups in total. The maximum atomic E-state index is 12.7. The van der Waals surface area contributed by atoms with Crippen molar-refractivity contribution < 1.29 is 19.1 Å². The molecule has 1 fully saturated rings. The second kappa shape index (κ2) is 8.90. The number of hydrogen-bond donors (Lipinski definition) is 0. The second-order valence-electron chi connectivity index (χ2n) is 5.86. The lowest BCUT2D eigenvalue weighted by atomic mass is 10.1. The lowest BCUT2D eigenvalue weighted by molar-refractivity contribution is -0.123. The Morgan fingerprint density at radius 2 is 1.86 bits per heavy atom. The van der Waals surface area contributed by atoms with Crippen molar-refractivity contribution in [1.29, 1.82) is 0 Å². The van der Waals surface area contributed by atoms with Gasteiger partial charge in [-0.15, -0.1) is 0 Å². The highest BCUT2D eigenvalue weighted by atomic mass is 35.5. The number of imide groups is 1. The average molecular weight is 438 g/mol. The molecule has 28 heavy (non-hydrogen) atoms. The normalized spacial score (nSPS) is 15.4. The van der Waals surface area contributed by atoms with Crippen molar-refractivity contribution in [2.75, 3.05) is 13.7 Å². The Bertz CT molecular complexity index is 961. The second-order valence-corrected chi connectivity index (χ2v) is 7.67. The number of halogens is 2. The Morgan fingerprint density at radius 3 is 2.54 bits per heavy atom. The molecule has 1 saturated heterocycles. The van der Waals surface area contributed by atoms with Gasteiger partial charge in [0.25, 0.3) is 11.1 Å². The number of benzene rings is 2. The van der Waals surface area contributed by atoms with Crippen LogP contribution in [-0.4, -0.2) is 29.8 Å². The summed E-state index contributed by atoms with van der Waals surface area (Å²) in [6.07, 6.45) is 1.67. The first-order valence-corrected chi connectivity index (χ1v) is 10.00. The predicted molar refractivity (Wildman–Crippen MR) is 112 cm³/mol. The number of carbonyl (C=O) groups excluding carboxylic acids is 2. The van der Waals surface area contributed by atoms with Crippen LogP contribution < -0.4 is 9.47 Å². The van der Waals surface area contributed by atoms with Crippen LogP contribution in [0, 0.1) is 0 Å². The summed E-state index contributed by atoms with van der Waals surface area (Å²) in [6.45, 7) is 2.49. The number of amides is 2. The zero-order chi connectivity index (χ0) is 20.3. The van der Waals surface area contributed by atoms with Gasteiger partial charge in [-0.2, -0.15) is 0 Å². The molecule has 0 atom stereocenters. The Hall–Kier alpha value is -2.15. The highest BCUT2D eigenvalue weighted by Gasteiger charge is 2.35. The van der Waals surface area contributed by atoms with E-state index in [1.807, 2.05) is 6.92 Å². The van der Waals surface area contributed by atoms with E-state index in [2.05, 4.69) is 0 Å². The van der Waals surface area contributed by atoms with Gasteiger partial charge in [-0.1, -0.05) is 35.3 Å². The molecule has 3 rings (SSSR count). The molecule has 0 unspecified atom stereocenters. The van der Waals surface area contributed by atoms with E-state index in [9.17, 15) is 9.59 Å². The molecular weight excluding hydrogens is 421 g/mol. The highest BCUT2D eigenvalue weighted by Crippen LogP contribution is 2.35. The summed E-state index contributed by atoms with van der Waals surface area (Å²) in [7, 11) is 1.56. The van der Waals surface area contributed by atoms with Gasteiger partial charge in [0.1, 0.15) is 0 Å². The summed E-state index contributed by atoms with van der Waals surface area (Å²) in [5.74, 6) is 0.829. The molecule has 146 valence electrons. The van der Waals surface area contributed by atoms with Gasteiger partial charge in [-0.25, -0.2) is 0 Å². The molecule has 0 saturated carbocycles. The summed E-state index contributed by atoms with van der Waals surface area (Å²) in [5.41, 5.74) is 1.46. The fraction of sp³-hybridized carbons (Fsp3) is 0.200. The molecule has 1 aliphatic heterocycles. The quantitative estimate of drug-likeness (QED) is 0.547. The molecule has 0 aromatic heterocycles. The summed E-state index contributed by atoms with van der Waals surface area (Å²) in [4.78, 5) is 26.6. The number of carbonyl (C=O) groups is 2. The lowest BCUT2D eigenvalue weighted by Gasteiger charge is -2.13. The largest absolute Gasteiger partial charge is 0.493 e. The maximum Gasteiger partial charge on any atom is 0.293 e. The SMILES string of the molecule is CCOc1cc(/C=C2/SC(=O)N(Cc3ccc(Cl)c(Cl)c3)C2=O)ccc1OC. The van der Waals surface area contributed by atoms with Gasteiger partial charge in [0, 0.05) is 0 Å². The van der Waals surface area contributed by atoms with Crippen molar-refractivity contribution in [3.63, 3.8) is 0 Å². The van der Waals surface area contributed by atoms with Crippen LogP contribution in [0.2, 0.25) is 10.0 Å². The third-order valence-electron chi connectivity index (χ3n) is 3.98. The van der Waals surface area contributed by atoms with Crippen LogP contribution in [0.4, 0.5) is 4.79 Å². The fourth-order valence-electron chi connectivity index (χ4n) is 2.66. The van der Waals surface area contributed by atoms with E-state index in [0.29, 0.717) is 33.1 Å². The Kier molecular flexibility index (Phi) is 6.54. The highest BCUT2D eigenvalue weighted by molar-refractivity contribution is 8.18. The minimum absolute atomic E-state index is 0.131. The Morgan fingerprint density at radius 1 is 1.07 bits per heavy atom. The number of rotatable bonds is 6. The number of methoxy groups -OCH3 is 1. The van der Waals surface area contributed by atoms with Crippen molar-refractivity contribution >= 4 is 52.2 Å². The molecule has 1 aliphatic rings. The minimum Gasteiger partial charge on any atom is -0.493 e. The van der Waals surface area contributed by atoms with E-state index in [0.717, 1.165) is 22.9 Å². The molecule has 2 amide bonds. The zero-order valence-corrected chi connectivity index (χ0v) is 17.5. The summed E-state index contributed by atoms with van der Waals surface area (Å²) < 4.78 is 10.8. The van der Waals surface area contributed by atoms with Crippen molar-refractivity contribution in [3.05, 3.63) is 62.5 Å². The molecule has 2 aromatic rings. The van der Waals surface area contributed by atoms with Crippen LogP contribution >= 0.6 is 35.0 Å². The molecular formula is C20H17Cl2NO4S. The monoisotopic (exact) mass is 437 g/mol. The first-order valence-electron chi connectivity index (χ1n) is 8.43. The van der Waals surface area contributed by atoms with Gasteiger partial charge in [0.2, 0.25) is 0 Å². The molecule has 1 heterocycles. The molecule has 8 heteroatoms. The van der Waals surface area contributed by atoms with Crippen LogP contribution in [0.1, 0.15) is 18.1 Å². The van der Waals surface area contributed by atoms with Crippen molar-refractivity contribution in [1.82, 2.24) is 4.90 Å². The molecule has 0 spiro atoms. The third-order valence-corrected chi connectivity index (χ3v) is 5.63. The first-order chi connectivity index (χ1) is 13.4. The van der Waals surface area contributed by atoms with Crippen molar-refractivity contribution in [2.45, 2.75) is 13.5 Å². The Balaban J connectivity index is 1.82. The maximum absolute atomic E-state index is 12.7. The van der Waals surface area contributed by atoms with E-state index < -0.39 is 0 Å². The topological polar surface area (TPSA) is 55.8 Å². The minimum atomic E-state index is -0.352. The smallest absolute Gasteiger partial charge is 0.293 e. The van der Waals surface area contributed by atoms with E-state index in [-0.39, 0.29) is 17.7 Å². The summed E-state index contributed by atoms with van der Waals surface area (Å²) in [6, 6.07) is 10.4. The standard InChI is InChI=1S/C20H17Cl2NO4S/c1-3-27-17-9-12(5-7-16(17)26-2)10-18-19(24)23(20(25)28-18)11-13-4-6-14(21)15(22)8-13/h4-10H,3,11H2,1-2H3/b18-10+. The van der Waals surface area contributed by atoms with Crippen molar-refractivity contribution in [2.24, 2.45) is 0 Å². The number of thioether (sulfide) groups is 1. The molecule has 0 bridgehead atoms. The van der Waals surface area contributed by atoms with E-state index in [4.69, 9.17) is 32.7 Å². The molecule has 0 radical (unpaired) electrons. The number of hydrogen-bond acceptors (Lipinski definition) is 5. The van der Waals surface area contributed by atoms with Gasteiger partial charge in [-0.3, -0.25) is 14.5 Å². The number of ether oxygens (including phenoxy) is 2. The summed E-state index contributed by atoms with van der Waals surface area (Å²) in [5, 5.41) is 0.466. The van der Waals surface area contributed by atoms with Crippen LogP contribution in [0.3, 0.4) is 0 Å². The molecule has 0 aliphatic carbocycles. The van der Waals surface area contributed by atoms with E-state index in [1.165, 1.54) is 4.90 Å². The molecule has 2 aromatic carbocycles. The number of nitrogens with zero attached hydrogens (tertiary/aromatic N) is 1. The van der Waals surface area contributed by atoms with Gasteiger partial charge < -0.3 is 9.47 Å². The van der Waals surface area contributed by atoms with Crippen LogP contribution in [0.5, 0.6) is 11.5 Å². The Labute approximate surface area is 177 Å². The van der Waals surface area contributed by atoms with E-state index in [1.54, 1.807) is 49.6 Å². The zero-order valence-electron chi connectivity index (χ0n) is 15.2. The predicted octanol–water partition coefficient (Wildman–Crippen LogP) is 5.64. The van der Waals surface area contributed by atoms with Crippen molar-refractivity contribution in [3.8, 4) is 11.5 Å². The third kappa shape index (κ3) is 4.46. The van der Waals surface area contributed by atoms with Gasteiger partial charge in [0.05, 0.1) is 35.2 Å². The van der Waals surface area contributed by atoms with Gasteiger partial charge in [-0.05, 0) is 60.2 Å². The average Bonchev–Trinajstić information content (AvgIpc) is 2.93. The van der Waals surface area contributed by atoms with Crippen LogP contribution in [0.15, 0.2) is 41.3 Å². The first kappa shape index (κ1) is 20.6. The fourth-order valence-corrected chi connectivity index (χ4v) is 3.82. The lowest BCUT2D eigenvalue weighted by Crippen LogP contribution is -2.27. The van der Waals surface area contributed by atoms with Gasteiger partial charge in [0.15, 0.2) is 11.5 Å². The molecule has 5 nitrogen and oxygen atoms in total.